The topological polar surface area (TPSA) is 0 Å². The molecular weight excluding hydrogens is 468 g/mol. The molecule has 4 aliphatic carbocycles. The van der Waals surface area contributed by atoms with E-state index in [-0.39, 0.29) is 44.7 Å². The van der Waals surface area contributed by atoms with Crippen molar-refractivity contribution in [2.24, 2.45) is 0 Å². The first-order valence-electron chi connectivity index (χ1n) is 13.4. The number of hydrogen-bond acceptors (Lipinski definition) is 0. The summed E-state index contributed by atoms with van der Waals surface area (Å²) in [6.07, 6.45) is 31.6. The maximum atomic E-state index is 2.85. The van der Waals surface area contributed by atoms with Crippen molar-refractivity contribution in [2.75, 3.05) is 0 Å². The van der Waals surface area contributed by atoms with Gasteiger partial charge in [-0.25, -0.2) is 0 Å². The normalized spacial score (nSPS) is 26.0. The van der Waals surface area contributed by atoms with Crippen molar-refractivity contribution in [1.82, 2.24) is 0 Å². The first-order valence-corrected chi connectivity index (χ1v) is 16.5. The van der Waals surface area contributed by atoms with Crippen molar-refractivity contribution in [3.05, 3.63) is 0 Å². The molecule has 0 amide bonds. The summed E-state index contributed by atoms with van der Waals surface area (Å²) in [5, 5.41) is 1.14. The van der Waals surface area contributed by atoms with Crippen LogP contribution < -0.4 is 0 Å². The van der Waals surface area contributed by atoms with Crippen LogP contribution in [0.4, 0.5) is 0 Å². The van der Waals surface area contributed by atoms with Gasteiger partial charge in [0, 0.05) is 16.5 Å². The number of rotatable bonds is 6. The van der Waals surface area contributed by atoms with Crippen LogP contribution in [0.3, 0.4) is 0 Å². The molecule has 0 aromatic carbocycles. The van der Waals surface area contributed by atoms with Crippen LogP contribution >= 0.6 is 28.3 Å². The Morgan fingerprint density at radius 1 is 0.433 bits per heavy atom. The van der Waals surface area contributed by atoms with Crippen molar-refractivity contribution in [3.8, 4) is 0 Å². The van der Waals surface area contributed by atoms with Gasteiger partial charge in [0.2, 0.25) is 0 Å². The molecule has 4 fully saturated rings. The molecule has 30 heavy (non-hydrogen) atoms. The molecule has 0 spiro atoms. The predicted molar refractivity (Wildman–Crippen MR) is 138 cm³/mol. The van der Waals surface area contributed by atoms with Crippen LogP contribution in [0.2, 0.25) is 0 Å². The Kier molecular flexibility index (Phi) is 13.8. The molecule has 4 saturated carbocycles. The van der Waals surface area contributed by atoms with Gasteiger partial charge in [-0.3, -0.25) is 0 Å². The number of hydrogen-bond donors (Lipinski definition) is 0. The summed E-state index contributed by atoms with van der Waals surface area (Å²) < 4.78 is 0. The Labute approximate surface area is 207 Å². The van der Waals surface area contributed by atoms with Crippen molar-refractivity contribution in [1.29, 1.82) is 0 Å². The van der Waals surface area contributed by atoms with E-state index < -0.39 is 0 Å². The molecular formula is C26H49ClNiP2. The van der Waals surface area contributed by atoms with Gasteiger partial charge in [-0.1, -0.05) is 99.8 Å². The molecule has 0 saturated heterocycles. The summed E-state index contributed by atoms with van der Waals surface area (Å²) >= 11 is 0. The van der Waals surface area contributed by atoms with E-state index in [1.54, 1.807) is 128 Å². The summed E-state index contributed by atoms with van der Waals surface area (Å²) in [6, 6.07) is 0. The van der Waals surface area contributed by atoms with E-state index >= 15 is 0 Å². The van der Waals surface area contributed by atoms with Crippen LogP contribution in [-0.2, 0) is 16.5 Å². The Morgan fingerprint density at radius 2 is 0.633 bits per heavy atom. The third kappa shape index (κ3) is 7.32. The Morgan fingerprint density at radius 3 is 0.833 bits per heavy atom. The Balaban J connectivity index is 0.00000160. The first-order chi connectivity index (χ1) is 13.8. The fourth-order valence-corrected chi connectivity index (χ4v) is 18.5. The fourth-order valence-electron chi connectivity index (χ4n) is 7.49. The first kappa shape index (κ1) is 27.9. The van der Waals surface area contributed by atoms with E-state index in [4.69, 9.17) is 0 Å². The quantitative estimate of drug-likeness (QED) is 0.243. The number of halogens is 1. The molecule has 0 aliphatic heterocycles. The summed E-state index contributed by atoms with van der Waals surface area (Å²) in [6.45, 7) is 2.85. The molecule has 0 bridgehead atoms. The fraction of sp³-hybridized carbons (Fsp3) is 1.00. The van der Waals surface area contributed by atoms with Gasteiger partial charge in [0.1, 0.15) is 0 Å². The van der Waals surface area contributed by atoms with Gasteiger partial charge in [-0.05, 0) is 79.4 Å². The van der Waals surface area contributed by atoms with Crippen LogP contribution in [0.25, 0.3) is 0 Å². The second-order valence-corrected chi connectivity index (χ2v) is 17.4. The smallest absolute Gasteiger partial charge is 0 e. The van der Waals surface area contributed by atoms with Crippen molar-refractivity contribution < 1.29 is 16.5 Å². The van der Waals surface area contributed by atoms with Crippen molar-refractivity contribution >= 4 is 28.3 Å². The molecule has 0 aromatic rings. The average Bonchev–Trinajstić information content (AvgIpc) is 2.77. The van der Waals surface area contributed by atoms with E-state index in [0.717, 1.165) is 5.40 Å². The second kappa shape index (κ2) is 14.8. The van der Waals surface area contributed by atoms with Gasteiger partial charge in [0.05, 0.1) is 0 Å². The molecule has 0 N–H and O–H groups in total. The van der Waals surface area contributed by atoms with E-state index in [1.165, 1.54) is 22.6 Å². The van der Waals surface area contributed by atoms with Gasteiger partial charge < -0.3 is 0 Å². The van der Waals surface area contributed by atoms with Gasteiger partial charge in [-0.15, -0.1) is 12.4 Å². The third-order valence-corrected chi connectivity index (χ3v) is 17.6. The van der Waals surface area contributed by atoms with E-state index in [2.05, 4.69) is 6.92 Å². The third-order valence-electron chi connectivity index (χ3n) is 8.85. The van der Waals surface area contributed by atoms with Crippen LogP contribution in [0.5, 0.6) is 0 Å². The molecule has 0 nitrogen and oxygen atoms in total. The van der Waals surface area contributed by atoms with E-state index in [9.17, 15) is 0 Å². The van der Waals surface area contributed by atoms with Gasteiger partial charge >= 0.3 is 0 Å². The SMILES string of the molecule is CC(P(C1CCCCC1)C1CCCCC1)P(C1CCCCC1)C1CCCCC1.Cl.[Ni]. The zero-order chi connectivity index (χ0) is 19.2. The van der Waals surface area contributed by atoms with Crippen molar-refractivity contribution in [3.63, 3.8) is 0 Å². The molecule has 0 unspecified atom stereocenters. The molecule has 0 radical (unpaired) electrons. The molecule has 0 atom stereocenters. The van der Waals surface area contributed by atoms with Gasteiger partial charge in [0.15, 0.2) is 0 Å². The van der Waals surface area contributed by atoms with E-state index in [1.807, 2.05) is 0 Å². The van der Waals surface area contributed by atoms with Crippen LogP contribution in [0, 0.1) is 0 Å². The standard InChI is InChI=1S/C26H48P2.ClH.Ni/c1-22(27(23-14-6-2-7-15-23)24-16-8-3-9-17-24)28(25-18-10-4-11-19-25)26-20-12-5-13-21-26;;/h22-26H,2-21H2,1H3;1H;. The molecule has 4 rings (SSSR count). The summed E-state index contributed by atoms with van der Waals surface area (Å²) in [7, 11) is 0.563. The average molecular weight is 518 g/mol. The summed E-state index contributed by atoms with van der Waals surface area (Å²) in [5.74, 6) is 0. The van der Waals surface area contributed by atoms with E-state index in [0.29, 0.717) is 0 Å². The monoisotopic (exact) mass is 516 g/mol. The van der Waals surface area contributed by atoms with Gasteiger partial charge in [-0.2, -0.15) is 0 Å². The largest absolute Gasteiger partial charge is 0.147 e. The van der Waals surface area contributed by atoms with Crippen LogP contribution in [0.1, 0.15) is 135 Å². The van der Waals surface area contributed by atoms with Crippen LogP contribution in [-0.4, -0.2) is 28.0 Å². The Bertz CT molecular complexity index is 362. The van der Waals surface area contributed by atoms with Gasteiger partial charge in [0.25, 0.3) is 0 Å². The molecule has 4 aliphatic rings. The molecule has 0 aromatic heterocycles. The second-order valence-electron chi connectivity index (χ2n) is 10.7. The summed E-state index contributed by atoms with van der Waals surface area (Å²) in [5.41, 5.74) is 4.66. The Hall–Kier alpha value is 1.64. The zero-order valence-electron chi connectivity index (χ0n) is 19.6. The minimum atomic E-state index is 0. The van der Waals surface area contributed by atoms with Crippen LogP contribution in [0.15, 0.2) is 0 Å². The van der Waals surface area contributed by atoms with Crippen molar-refractivity contribution in [2.45, 2.75) is 163 Å². The minimum Gasteiger partial charge on any atom is -0.147 e. The maximum absolute atomic E-state index is 2.85. The summed E-state index contributed by atoms with van der Waals surface area (Å²) in [4.78, 5) is 0. The molecule has 0 heterocycles. The predicted octanol–water partition coefficient (Wildman–Crippen LogP) is 10.0. The molecule has 180 valence electrons. The molecule has 4 heteroatoms. The zero-order valence-corrected chi connectivity index (χ0v) is 23.2. The minimum absolute atomic E-state index is 0. The maximum Gasteiger partial charge on any atom is 0 e.